The van der Waals surface area contributed by atoms with Crippen molar-refractivity contribution in [1.82, 2.24) is 14.9 Å². The molecule has 7 heteroatoms. The number of anilines is 2. The lowest BCUT2D eigenvalue weighted by Crippen LogP contribution is -2.40. The molecule has 1 aromatic carbocycles. The number of nitrogens with zero attached hydrogens (tertiary/aromatic N) is 3. The van der Waals surface area contributed by atoms with Gasteiger partial charge < -0.3 is 19.5 Å². The molecule has 1 fully saturated rings. The number of aromatic nitrogens is 2. The Labute approximate surface area is 194 Å². The third-order valence-corrected chi connectivity index (χ3v) is 5.81. The van der Waals surface area contributed by atoms with Crippen LogP contribution in [0.4, 0.5) is 11.6 Å². The van der Waals surface area contributed by atoms with Crippen LogP contribution in [-0.2, 0) is 4.74 Å². The molecule has 2 aromatic heterocycles. The molecule has 33 heavy (non-hydrogen) atoms. The highest BCUT2D eigenvalue weighted by atomic mass is 16.5. The van der Waals surface area contributed by atoms with Crippen molar-refractivity contribution < 1.29 is 14.2 Å². The van der Waals surface area contributed by atoms with Crippen molar-refractivity contribution in [3.63, 3.8) is 0 Å². The average molecular weight is 445 g/mol. The van der Waals surface area contributed by atoms with Gasteiger partial charge in [0, 0.05) is 30.9 Å². The molecule has 0 radical (unpaired) electrons. The first kappa shape index (κ1) is 21.4. The zero-order valence-corrected chi connectivity index (χ0v) is 19.0. The molecule has 2 aliphatic heterocycles. The zero-order valence-electron chi connectivity index (χ0n) is 19.0. The summed E-state index contributed by atoms with van der Waals surface area (Å²) in [5.74, 6) is 3.28. The maximum absolute atomic E-state index is 6.08. The summed E-state index contributed by atoms with van der Waals surface area (Å²) >= 11 is 0. The number of ether oxygens (including phenoxy) is 3. The van der Waals surface area contributed by atoms with Gasteiger partial charge in [0.05, 0.1) is 19.4 Å². The summed E-state index contributed by atoms with van der Waals surface area (Å²) in [6.07, 6.45) is 2.13. The molecule has 0 amide bonds. The van der Waals surface area contributed by atoms with E-state index in [4.69, 9.17) is 19.2 Å². The van der Waals surface area contributed by atoms with Crippen LogP contribution in [0.3, 0.4) is 0 Å². The fourth-order valence-electron chi connectivity index (χ4n) is 4.18. The number of morpholine rings is 1. The third kappa shape index (κ3) is 5.16. The molecule has 0 saturated carbocycles. The number of pyridine rings is 2. The van der Waals surface area contributed by atoms with Gasteiger partial charge in [-0.25, -0.2) is 9.97 Å². The molecule has 2 aliphatic rings. The molecule has 0 bridgehead atoms. The van der Waals surface area contributed by atoms with E-state index in [2.05, 4.69) is 21.3 Å². The quantitative estimate of drug-likeness (QED) is 0.605. The van der Waals surface area contributed by atoms with Crippen molar-refractivity contribution in [3.8, 4) is 11.5 Å². The number of hydrogen-bond acceptors (Lipinski definition) is 7. The second-order valence-corrected chi connectivity index (χ2v) is 8.33. The standard InChI is InChI=1S/C26H28N4O3/c1-18-5-3-7-25(27-18)29-26-8-4-6-22(28-26)24-16-30(11-12-32-24)15-19-13-20-14-21(31-2)9-10-23(20)33-17-19/h3-10,13-14,24H,11-12,15-17H2,1-2H3,(H,27,28,29)/t24-/m1/s1. The van der Waals surface area contributed by atoms with E-state index >= 15 is 0 Å². The van der Waals surface area contributed by atoms with Crippen LogP contribution in [0, 0.1) is 6.92 Å². The van der Waals surface area contributed by atoms with Gasteiger partial charge in [-0.3, -0.25) is 4.90 Å². The first-order valence-electron chi connectivity index (χ1n) is 11.2. The van der Waals surface area contributed by atoms with E-state index < -0.39 is 0 Å². The Hall–Kier alpha value is -3.42. The molecular formula is C26H28N4O3. The van der Waals surface area contributed by atoms with E-state index in [1.807, 2.05) is 61.5 Å². The second-order valence-electron chi connectivity index (χ2n) is 8.33. The van der Waals surface area contributed by atoms with Crippen LogP contribution >= 0.6 is 0 Å². The number of methoxy groups -OCH3 is 1. The lowest BCUT2D eigenvalue weighted by Gasteiger charge is -2.34. The van der Waals surface area contributed by atoms with Crippen molar-refractivity contribution in [2.24, 2.45) is 0 Å². The van der Waals surface area contributed by atoms with E-state index in [0.717, 1.165) is 59.7 Å². The largest absolute Gasteiger partial charge is 0.497 e. The zero-order chi connectivity index (χ0) is 22.6. The van der Waals surface area contributed by atoms with Gasteiger partial charge >= 0.3 is 0 Å². The number of benzene rings is 1. The molecule has 1 N–H and O–H groups in total. The van der Waals surface area contributed by atoms with Gasteiger partial charge in [-0.2, -0.15) is 0 Å². The van der Waals surface area contributed by atoms with E-state index in [0.29, 0.717) is 13.2 Å². The predicted octanol–water partition coefficient (Wildman–Crippen LogP) is 4.39. The molecule has 0 aliphatic carbocycles. The topological polar surface area (TPSA) is 68.7 Å². The Morgan fingerprint density at radius 3 is 2.79 bits per heavy atom. The number of fused-ring (bicyclic) bond motifs is 1. The Morgan fingerprint density at radius 2 is 1.94 bits per heavy atom. The Kier molecular flexibility index (Phi) is 6.24. The van der Waals surface area contributed by atoms with Crippen molar-refractivity contribution >= 4 is 17.7 Å². The van der Waals surface area contributed by atoms with Gasteiger partial charge in [0.15, 0.2) is 0 Å². The van der Waals surface area contributed by atoms with Crippen molar-refractivity contribution in [2.45, 2.75) is 13.0 Å². The van der Waals surface area contributed by atoms with E-state index in [9.17, 15) is 0 Å². The van der Waals surface area contributed by atoms with Crippen LogP contribution in [0.25, 0.3) is 6.08 Å². The molecule has 0 unspecified atom stereocenters. The maximum atomic E-state index is 6.08. The first-order valence-corrected chi connectivity index (χ1v) is 11.2. The highest BCUT2D eigenvalue weighted by Gasteiger charge is 2.25. The lowest BCUT2D eigenvalue weighted by molar-refractivity contribution is -0.0293. The Bertz CT molecular complexity index is 1160. The summed E-state index contributed by atoms with van der Waals surface area (Å²) in [4.78, 5) is 11.7. The Morgan fingerprint density at radius 1 is 1.09 bits per heavy atom. The van der Waals surface area contributed by atoms with Gasteiger partial charge in [0.2, 0.25) is 0 Å². The van der Waals surface area contributed by atoms with Crippen LogP contribution in [0.1, 0.15) is 23.1 Å². The summed E-state index contributed by atoms with van der Waals surface area (Å²) in [6.45, 7) is 5.74. The number of nitrogens with one attached hydrogen (secondary N) is 1. The first-order chi connectivity index (χ1) is 16.2. The van der Waals surface area contributed by atoms with Crippen LogP contribution in [0.15, 0.2) is 60.2 Å². The molecule has 7 nitrogen and oxygen atoms in total. The van der Waals surface area contributed by atoms with Crippen LogP contribution in [0.5, 0.6) is 11.5 Å². The normalized spacial score (nSPS) is 18.1. The van der Waals surface area contributed by atoms with Crippen LogP contribution in [0.2, 0.25) is 0 Å². The minimum Gasteiger partial charge on any atom is -0.497 e. The minimum absolute atomic E-state index is 0.0801. The smallest absolute Gasteiger partial charge is 0.131 e. The van der Waals surface area contributed by atoms with Gasteiger partial charge in [0.1, 0.15) is 35.8 Å². The van der Waals surface area contributed by atoms with Crippen molar-refractivity contribution in [3.05, 3.63) is 77.1 Å². The summed E-state index contributed by atoms with van der Waals surface area (Å²) in [5.41, 5.74) is 4.18. The average Bonchev–Trinajstić information content (AvgIpc) is 2.84. The monoisotopic (exact) mass is 444 g/mol. The summed E-state index contributed by atoms with van der Waals surface area (Å²) in [5, 5.41) is 3.29. The SMILES string of the molecule is COc1ccc2c(c1)C=C(CN1CCO[C@@H](c3cccc(Nc4cccc(C)n4)n3)C1)CO2. The minimum atomic E-state index is -0.0801. The summed E-state index contributed by atoms with van der Waals surface area (Å²) in [6, 6.07) is 17.8. The molecule has 170 valence electrons. The summed E-state index contributed by atoms with van der Waals surface area (Å²) in [7, 11) is 1.68. The maximum Gasteiger partial charge on any atom is 0.131 e. The van der Waals surface area contributed by atoms with Gasteiger partial charge in [-0.05, 0) is 61.0 Å². The van der Waals surface area contributed by atoms with Gasteiger partial charge in [-0.1, -0.05) is 12.1 Å². The van der Waals surface area contributed by atoms with Crippen LogP contribution in [-0.4, -0.2) is 54.8 Å². The van der Waals surface area contributed by atoms with E-state index in [-0.39, 0.29) is 6.10 Å². The molecule has 1 atom stereocenters. The van der Waals surface area contributed by atoms with Crippen molar-refractivity contribution in [2.75, 3.05) is 45.3 Å². The fraction of sp³-hybridized carbons (Fsp3) is 0.308. The molecule has 4 heterocycles. The summed E-state index contributed by atoms with van der Waals surface area (Å²) < 4.78 is 17.4. The number of aryl methyl sites for hydroxylation is 1. The van der Waals surface area contributed by atoms with Gasteiger partial charge in [-0.15, -0.1) is 0 Å². The lowest BCUT2D eigenvalue weighted by atomic mass is 10.1. The molecule has 5 rings (SSSR count). The Balaban J connectivity index is 1.26. The number of hydrogen-bond donors (Lipinski definition) is 1. The number of rotatable bonds is 6. The predicted molar refractivity (Wildman–Crippen MR) is 128 cm³/mol. The molecular weight excluding hydrogens is 416 g/mol. The molecule has 0 spiro atoms. The van der Waals surface area contributed by atoms with Crippen LogP contribution < -0.4 is 14.8 Å². The van der Waals surface area contributed by atoms with E-state index in [1.54, 1.807) is 7.11 Å². The van der Waals surface area contributed by atoms with Gasteiger partial charge in [0.25, 0.3) is 0 Å². The van der Waals surface area contributed by atoms with Crippen molar-refractivity contribution in [1.29, 1.82) is 0 Å². The fourth-order valence-corrected chi connectivity index (χ4v) is 4.18. The van der Waals surface area contributed by atoms with E-state index in [1.165, 1.54) is 5.57 Å². The third-order valence-electron chi connectivity index (χ3n) is 5.81. The molecule has 3 aromatic rings. The second kappa shape index (κ2) is 9.60. The highest BCUT2D eigenvalue weighted by Crippen LogP contribution is 2.31. The highest BCUT2D eigenvalue weighted by molar-refractivity contribution is 5.64. The molecule has 1 saturated heterocycles.